The van der Waals surface area contributed by atoms with Crippen molar-refractivity contribution in [3.8, 4) is 0 Å². The molecular formula is C22H32NO4+. The Kier molecular flexibility index (Phi) is 5.53. The molecule has 0 N–H and O–H groups in total. The van der Waals surface area contributed by atoms with Crippen LogP contribution in [0.5, 0.6) is 0 Å². The van der Waals surface area contributed by atoms with Gasteiger partial charge in [-0.1, -0.05) is 18.6 Å². The molecule has 0 aromatic heterocycles. The smallest absolute Gasteiger partial charge is 0.337 e. The lowest BCUT2D eigenvalue weighted by Gasteiger charge is -2.37. The van der Waals surface area contributed by atoms with Crippen molar-refractivity contribution in [2.45, 2.75) is 63.4 Å². The quantitative estimate of drug-likeness (QED) is 0.583. The molecule has 5 heteroatoms. The maximum absolute atomic E-state index is 11.7. The largest absolute Gasteiger partial charge is 0.465 e. The minimum absolute atomic E-state index is 0.204. The Morgan fingerprint density at radius 2 is 1.81 bits per heavy atom. The Labute approximate surface area is 162 Å². The zero-order chi connectivity index (χ0) is 18.7. The van der Waals surface area contributed by atoms with Gasteiger partial charge in [-0.25, -0.2) is 4.79 Å². The lowest BCUT2D eigenvalue weighted by Crippen LogP contribution is -2.50. The predicted octanol–water partition coefficient (Wildman–Crippen LogP) is 3.66. The molecule has 4 rings (SSSR count). The third kappa shape index (κ3) is 4.20. The van der Waals surface area contributed by atoms with Crippen LogP contribution in [-0.4, -0.2) is 55.7 Å². The van der Waals surface area contributed by atoms with Crippen LogP contribution in [-0.2, 0) is 20.8 Å². The summed E-state index contributed by atoms with van der Waals surface area (Å²) < 4.78 is 18.5. The van der Waals surface area contributed by atoms with Crippen molar-refractivity contribution in [2.75, 3.05) is 33.4 Å². The zero-order valence-corrected chi connectivity index (χ0v) is 16.5. The first-order valence-corrected chi connectivity index (χ1v) is 10.5. The van der Waals surface area contributed by atoms with Crippen molar-refractivity contribution in [3.05, 3.63) is 35.4 Å². The van der Waals surface area contributed by atoms with Gasteiger partial charge in [-0.2, -0.15) is 0 Å². The normalized spacial score (nSPS) is 26.3. The molecule has 1 saturated carbocycles. The molecule has 2 saturated heterocycles. The molecule has 27 heavy (non-hydrogen) atoms. The molecule has 1 aromatic carbocycles. The number of benzene rings is 1. The average Bonchev–Trinajstić information content (AvgIpc) is 3.30. The second-order valence-electron chi connectivity index (χ2n) is 8.55. The molecule has 3 fully saturated rings. The van der Waals surface area contributed by atoms with E-state index >= 15 is 0 Å². The van der Waals surface area contributed by atoms with Crippen molar-refractivity contribution in [2.24, 2.45) is 0 Å². The van der Waals surface area contributed by atoms with Crippen LogP contribution in [0, 0.1) is 0 Å². The predicted molar refractivity (Wildman–Crippen MR) is 102 cm³/mol. The van der Waals surface area contributed by atoms with Crippen molar-refractivity contribution >= 4 is 5.97 Å². The molecule has 5 nitrogen and oxygen atoms in total. The third-order valence-electron chi connectivity index (χ3n) is 6.53. The van der Waals surface area contributed by atoms with Crippen LogP contribution < -0.4 is 0 Å². The molecule has 0 radical (unpaired) electrons. The summed E-state index contributed by atoms with van der Waals surface area (Å²) >= 11 is 0. The van der Waals surface area contributed by atoms with E-state index in [2.05, 4.69) is 12.1 Å². The van der Waals surface area contributed by atoms with Crippen LogP contribution in [0.25, 0.3) is 0 Å². The van der Waals surface area contributed by atoms with Crippen LogP contribution in [0.4, 0.5) is 0 Å². The monoisotopic (exact) mass is 374 g/mol. The van der Waals surface area contributed by atoms with Gasteiger partial charge in [-0.15, -0.1) is 0 Å². The van der Waals surface area contributed by atoms with Gasteiger partial charge in [0.25, 0.3) is 0 Å². The van der Waals surface area contributed by atoms with Crippen LogP contribution >= 0.6 is 0 Å². The molecule has 148 valence electrons. The molecule has 1 spiro atoms. The van der Waals surface area contributed by atoms with E-state index in [1.807, 2.05) is 12.1 Å². The summed E-state index contributed by atoms with van der Waals surface area (Å²) in [4.78, 5) is 11.7. The lowest BCUT2D eigenvalue weighted by atomic mass is 9.94. The van der Waals surface area contributed by atoms with E-state index in [9.17, 15) is 4.79 Å². The number of hydrogen-bond acceptors (Lipinski definition) is 4. The molecule has 1 aliphatic carbocycles. The van der Waals surface area contributed by atoms with Gasteiger partial charge in [-0.3, -0.25) is 0 Å². The fourth-order valence-corrected chi connectivity index (χ4v) is 5.15. The van der Waals surface area contributed by atoms with E-state index in [4.69, 9.17) is 14.2 Å². The van der Waals surface area contributed by atoms with Crippen LogP contribution in [0.15, 0.2) is 24.3 Å². The molecule has 1 atom stereocenters. The van der Waals surface area contributed by atoms with Crippen LogP contribution in [0.3, 0.4) is 0 Å². The van der Waals surface area contributed by atoms with E-state index in [1.165, 1.54) is 57.9 Å². The Balaban J connectivity index is 1.42. The second kappa shape index (κ2) is 7.90. The number of esters is 1. The number of carbonyl (C=O) groups is 1. The highest BCUT2D eigenvalue weighted by Crippen LogP contribution is 2.39. The van der Waals surface area contributed by atoms with Gasteiger partial charge in [-0.05, 0) is 25.0 Å². The van der Waals surface area contributed by atoms with Crippen LogP contribution in [0.1, 0.15) is 60.9 Å². The Hall–Kier alpha value is -1.43. The van der Waals surface area contributed by atoms with Crippen molar-refractivity contribution in [1.29, 1.82) is 0 Å². The molecule has 2 aliphatic heterocycles. The van der Waals surface area contributed by atoms with E-state index in [0.29, 0.717) is 5.56 Å². The fraction of sp³-hybridized carbons (Fsp3) is 0.682. The van der Waals surface area contributed by atoms with E-state index in [0.717, 1.165) is 37.0 Å². The third-order valence-corrected chi connectivity index (χ3v) is 6.53. The number of methoxy groups -OCH3 is 1. The summed E-state index contributed by atoms with van der Waals surface area (Å²) in [6.07, 6.45) is 8.62. The molecule has 0 unspecified atom stereocenters. The molecular weight excluding hydrogens is 342 g/mol. The summed E-state index contributed by atoms with van der Waals surface area (Å²) in [5, 5.41) is 0. The standard InChI is InChI=1S/C22H32NO4/c1-25-21(24)19-9-7-18(8-10-19)15-23(13-5-6-14-23)16-20-17-26-22(27-20)11-3-2-4-12-22/h7-10,20H,2-6,11-17H2,1H3/q+1/t20-/m1/s1. The SMILES string of the molecule is COC(=O)c1ccc(C[N+]2(C[C@@H]3COC4(CCCCC4)O3)CCCC2)cc1. The summed E-state index contributed by atoms with van der Waals surface area (Å²) in [7, 11) is 1.42. The van der Waals surface area contributed by atoms with E-state index in [1.54, 1.807) is 0 Å². The second-order valence-corrected chi connectivity index (χ2v) is 8.55. The number of carbonyl (C=O) groups excluding carboxylic acids is 1. The minimum atomic E-state index is -0.283. The van der Waals surface area contributed by atoms with Crippen molar-refractivity contribution < 1.29 is 23.5 Å². The summed E-state index contributed by atoms with van der Waals surface area (Å²) in [5.41, 5.74) is 1.89. The number of rotatable bonds is 5. The van der Waals surface area contributed by atoms with Crippen molar-refractivity contribution in [3.63, 3.8) is 0 Å². The fourth-order valence-electron chi connectivity index (χ4n) is 5.15. The summed E-state index contributed by atoms with van der Waals surface area (Å²) in [5.74, 6) is -0.560. The minimum Gasteiger partial charge on any atom is -0.465 e. The van der Waals surface area contributed by atoms with Crippen molar-refractivity contribution in [1.82, 2.24) is 0 Å². The van der Waals surface area contributed by atoms with Gasteiger partial charge >= 0.3 is 5.97 Å². The van der Waals surface area contributed by atoms with Crippen LogP contribution in [0.2, 0.25) is 0 Å². The average molecular weight is 375 g/mol. The number of quaternary nitrogens is 1. The van der Waals surface area contributed by atoms with E-state index < -0.39 is 0 Å². The first kappa shape index (κ1) is 18.9. The molecule has 3 aliphatic rings. The Morgan fingerprint density at radius 1 is 1.11 bits per heavy atom. The van der Waals surface area contributed by atoms with Gasteiger partial charge in [0.1, 0.15) is 19.2 Å². The maximum atomic E-state index is 11.7. The topological polar surface area (TPSA) is 44.8 Å². The van der Waals surface area contributed by atoms with E-state index in [-0.39, 0.29) is 17.9 Å². The zero-order valence-electron chi connectivity index (χ0n) is 16.5. The number of likely N-dealkylation sites (tertiary alicyclic amines) is 1. The number of hydrogen-bond donors (Lipinski definition) is 0. The highest BCUT2D eigenvalue weighted by molar-refractivity contribution is 5.89. The highest BCUT2D eigenvalue weighted by Gasteiger charge is 2.46. The van der Waals surface area contributed by atoms with Gasteiger partial charge in [0.15, 0.2) is 5.79 Å². The first-order chi connectivity index (χ1) is 13.1. The van der Waals surface area contributed by atoms with Gasteiger partial charge in [0.05, 0.1) is 32.4 Å². The maximum Gasteiger partial charge on any atom is 0.337 e. The summed E-state index contributed by atoms with van der Waals surface area (Å²) in [6, 6.07) is 7.89. The van der Waals surface area contributed by atoms with Gasteiger partial charge in [0, 0.05) is 31.2 Å². The Morgan fingerprint density at radius 3 is 2.48 bits per heavy atom. The van der Waals surface area contributed by atoms with Gasteiger partial charge in [0.2, 0.25) is 0 Å². The molecule has 2 heterocycles. The molecule has 1 aromatic rings. The molecule has 0 bridgehead atoms. The highest BCUT2D eigenvalue weighted by atomic mass is 16.7. The molecule has 0 amide bonds. The number of nitrogens with zero attached hydrogens (tertiary/aromatic N) is 1. The number of ether oxygens (including phenoxy) is 3. The lowest BCUT2D eigenvalue weighted by molar-refractivity contribution is -0.932. The summed E-state index contributed by atoms with van der Waals surface area (Å²) in [6.45, 7) is 5.16. The van der Waals surface area contributed by atoms with Gasteiger partial charge < -0.3 is 18.7 Å². The first-order valence-electron chi connectivity index (χ1n) is 10.5. The Bertz CT molecular complexity index is 645.